The lowest BCUT2D eigenvalue weighted by molar-refractivity contribution is 0.373. The van der Waals surface area contributed by atoms with Gasteiger partial charge in [0, 0.05) is 9.85 Å². The van der Waals surface area contributed by atoms with Crippen molar-refractivity contribution in [2.75, 3.05) is 0 Å². The number of hydrogen-bond donors (Lipinski definition) is 0. The maximum absolute atomic E-state index is 13.8. The van der Waals surface area contributed by atoms with E-state index in [1.807, 2.05) is 0 Å². The molecule has 0 spiro atoms. The van der Waals surface area contributed by atoms with Gasteiger partial charge in [-0.25, -0.2) is 4.39 Å². The number of rotatable bonds is 3. The molecule has 0 bridgehead atoms. The van der Waals surface area contributed by atoms with Crippen LogP contribution in [0.4, 0.5) is 4.39 Å². The highest BCUT2D eigenvalue weighted by Gasteiger charge is 2.22. The van der Waals surface area contributed by atoms with Gasteiger partial charge < -0.3 is 0 Å². The van der Waals surface area contributed by atoms with Gasteiger partial charge in [0.1, 0.15) is 5.82 Å². The maximum Gasteiger partial charge on any atom is 0.146 e. The van der Waals surface area contributed by atoms with Crippen LogP contribution in [-0.4, -0.2) is 5.38 Å². The highest BCUT2D eigenvalue weighted by Crippen LogP contribution is 2.31. The SMILES string of the molecule is CC(C)(C)C(Cl)CCc1ccc(Br)c(Cl)c1F. The van der Waals surface area contributed by atoms with Gasteiger partial charge in [-0.05, 0) is 45.8 Å². The number of alkyl halides is 1. The molecule has 0 amide bonds. The van der Waals surface area contributed by atoms with Crippen LogP contribution in [0.1, 0.15) is 32.8 Å². The topological polar surface area (TPSA) is 0 Å². The number of benzene rings is 1. The van der Waals surface area contributed by atoms with E-state index in [4.69, 9.17) is 23.2 Å². The first-order chi connectivity index (χ1) is 7.73. The highest BCUT2D eigenvalue weighted by atomic mass is 79.9. The molecule has 17 heavy (non-hydrogen) atoms. The first kappa shape index (κ1) is 15.3. The summed E-state index contributed by atoms with van der Waals surface area (Å²) >= 11 is 15.3. The summed E-state index contributed by atoms with van der Waals surface area (Å²) in [6.07, 6.45) is 1.34. The standard InChI is InChI=1S/C13H16BrCl2F/c1-13(2,3)10(15)7-5-8-4-6-9(14)11(16)12(8)17/h4,6,10H,5,7H2,1-3H3. The first-order valence-electron chi connectivity index (χ1n) is 5.50. The van der Waals surface area contributed by atoms with Gasteiger partial charge in [-0.1, -0.05) is 38.4 Å². The Hall–Kier alpha value is 0.210. The summed E-state index contributed by atoms with van der Waals surface area (Å²) in [6, 6.07) is 3.51. The van der Waals surface area contributed by atoms with E-state index < -0.39 is 0 Å². The van der Waals surface area contributed by atoms with Crippen molar-refractivity contribution in [1.29, 1.82) is 0 Å². The van der Waals surface area contributed by atoms with E-state index in [9.17, 15) is 4.39 Å². The van der Waals surface area contributed by atoms with Gasteiger partial charge in [-0.15, -0.1) is 11.6 Å². The van der Waals surface area contributed by atoms with Gasteiger partial charge in [0.25, 0.3) is 0 Å². The zero-order valence-corrected chi connectivity index (χ0v) is 13.3. The van der Waals surface area contributed by atoms with Crippen molar-refractivity contribution >= 4 is 39.1 Å². The van der Waals surface area contributed by atoms with Gasteiger partial charge in [0.2, 0.25) is 0 Å². The fourth-order valence-corrected chi connectivity index (χ4v) is 2.07. The molecule has 0 fully saturated rings. The number of hydrogen-bond acceptors (Lipinski definition) is 0. The average molecular weight is 342 g/mol. The molecule has 1 aromatic carbocycles. The van der Waals surface area contributed by atoms with Crippen molar-refractivity contribution in [3.8, 4) is 0 Å². The van der Waals surface area contributed by atoms with Crippen LogP contribution in [0.5, 0.6) is 0 Å². The second kappa shape index (κ2) is 5.90. The fourth-order valence-electron chi connectivity index (χ4n) is 1.47. The molecular formula is C13H16BrCl2F. The second-order valence-corrected chi connectivity index (χ2v) is 6.97. The van der Waals surface area contributed by atoms with E-state index in [1.54, 1.807) is 12.1 Å². The maximum atomic E-state index is 13.8. The molecular weight excluding hydrogens is 326 g/mol. The molecule has 0 saturated heterocycles. The average Bonchev–Trinajstić information content (AvgIpc) is 2.23. The predicted molar refractivity (Wildman–Crippen MR) is 76.5 cm³/mol. The predicted octanol–water partition coefficient (Wildman–Crippen LogP) is 5.83. The summed E-state index contributed by atoms with van der Waals surface area (Å²) in [6.45, 7) is 6.24. The minimum atomic E-state index is -0.348. The van der Waals surface area contributed by atoms with Crippen LogP contribution < -0.4 is 0 Å². The Balaban J connectivity index is 2.74. The molecule has 0 radical (unpaired) electrons. The number of aryl methyl sites for hydroxylation is 1. The lowest BCUT2D eigenvalue weighted by atomic mass is 9.88. The van der Waals surface area contributed by atoms with Gasteiger partial charge in [-0.2, -0.15) is 0 Å². The lowest BCUT2D eigenvalue weighted by Gasteiger charge is -2.25. The highest BCUT2D eigenvalue weighted by molar-refractivity contribution is 9.10. The van der Waals surface area contributed by atoms with E-state index in [0.717, 1.165) is 6.42 Å². The van der Waals surface area contributed by atoms with Crippen molar-refractivity contribution in [2.24, 2.45) is 5.41 Å². The summed E-state index contributed by atoms with van der Waals surface area (Å²) in [5.74, 6) is -0.348. The van der Waals surface area contributed by atoms with Gasteiger partial charge in [-0.3, -0.25) is 0 Å². The Morgan fingerprint density at radius 2 is 1.94 bits per heavy atom. The molecule has 0 aliphatic heterocycles. The van der Waals surface area contributed by atoms with Crippen LogP contribution in [0.3, 0.4) is 0 Å². The largest absolute Gasteiger partial charge is 0.205 e. The summed E-state index contributed by atoms with van der Waals surface area (Å²) in [5, 5.41) is 0.161. The van der Waals surface area contributed by atoms with Crippen molar-refractivity contribution in [2.45, 2.75) is 39.0 Å². The second-order valence-electron chi connectivity index (χ2n) is 5.21. The van der Waals surface area contributed by atoms with Crippen molar-refractivity contribution in [1.82, 2.24) is 0 Å². The fraction of sp³-hybridized carbons (Fsp3) is 0.538. The van der Waals surface area contributed by atoms with E-state index in [1.165, 1.54) is 0 Å². The summed E-state index contributed by atoms with van der Waals surface area (Å²) in [7, 11) is 0. The van der Waals surface area contributed by atoms with Crippen molar-refractivity contribution in [3.63, 3.8) is 0 Å². The minimum absolute atomic E-state index is 0.0179. The Morgan fingerprint density at radius 3 is 2.47 bits per heavy atom. The zero-order chi connectivity index (χ0) is 13.2. The van der Waals surface area contributed by atoms with Gasteiger partial charge in [0.05, 0.1) is 5.02 Å². The van der Waals surface area contributed by atoms with Crippen molar-refractivity contribution in [3.05, 3.63) is 33.0 Å². The van der Waals surface area contributed by atoms with Crippen LogP contribution in [-0.2, 0) is 6.42 Å². The molecule has 0 heterocycles. The smallest absolute Gasteiger partial charge is 0.146 e. The molecule has 1 unspecified atom stereocenters. The van der Waals surface area contributed by atoms with Gasteiger partial charge in [0.15, 0.2) is 0 Å². The monoisotopic (exact) mass is 340 g/mol. The lowest BCUT2D eigenvalue weighted by Crippen LogP contribution is -2.21. The Labute approximate surface area is 121 Å². The third-order valence-electron chi connectivity index (χ3n) is 2.72. The van der Waals surface area contributed by atoms with Crippen LogP contribution in [0.2, 0.25) is 5.02 Å². The van der Waals surface area contributed by atoms with E-state index in [-0.39, 0.29) is 21.6 Å². The quantitative estimate of drug-likeness (QED) is 0.479. The first-order valence-corrected chi connectivity index (χ1v) is 7.10. The van der Waals surface area contributed by atoms with Crippen LogP contribution >= 0.6 is 39.1 Å². The van der Waals surface area contributed by atoms with Gasteiger partial charge >= 0.3 is 0 Å². The van der Waals surface area contributed by atoms with Crippen molar-refractivity contribution < 1.29 is 4.39 Å². The molecule has 0 N–H and O–H groups in total. The molecule has 0 saturated carbocycles. The van der Waals surface area contributed by atoms with E-state index in [0.29, 0.717) is 16.5 Å². The molecule has 0 aliphatic rings. The molecule has 4 heteroatoms. The molecule has 1 atom stereocenters. The Bertz CT molecular complexity index is 399. The Morgan fingerprint density at radius 1 is 1.35 bits per heavy atom. The molecule has 0 aromatic heterocycles. The third-order valence-corrected chi connectivity index (χ3v) is 4.85. The Kier molecular flexibility index (Phi) is 5.30. The summed E-state index contributed by atoms with van der Waals surface area (Å²) in [5.41, 5.74) is 0.644. The van der Waals surface area contributed by atoms with Crippen LogP contribution in [0, 0.1) is 11.2 Å². The van der Waals surface area contributed by atoms with E-state index >= 15 is 0 Å². The zero-order valence-electron chi connectivity index (χ0n) is 10.2. The normalized spacial score (nSPS) is 13.8. The van der Waals surface area contributed by atoms with E-state index in [2.05, 4.69) is 36.7 Å². The van der Waals surface area contributed by atoms with Crippen LogP contribution in [0.15, 0.2) is 16.6 Å². The molecule has 0 aliphatic carbocycles. The molecule has 1 aromatic rings. The number of halogens is 4. The molecule has 96 valence electrons. The summed E-state index contributed by atoms with van der Waals surface area (Å²) in [4.78, 5) is 0. The minimum Gasteiger partial charge on any atom is -0.205 e. The van der Waals surface area contributed by atoms with Crippen LogP contribution in [0.25, 0.3) is 0 Å². The third kappa shape index (κ3) is 4.11. The summed E-state index contributed by atoms with van der Waals surface area (Å²) < 4.78 is 14.4. The molecule has 1 rings (SSSR count). The molecule has 0 nitrogen and oxygen atoms in total.